The number of halogens is 1. The van der Waals surface area contributed by atoms with Gasteiger partial charge >= 0.3 is 0 Å². The quantitative estimate of drug-likeness (QED) is 0.807. The maximum atomic E-state index is 9.52. The van der Waals surface area contributed by atoms with Gasteiger partial charge in [0.25, 0.3) is 0 Å². The fourth-order valence-electron chi connectivity index (χ4n) is 1.76. The highest BCUT2D eigenvalue weighted by Gasteiger charge is 2.10. The van der Waals surface area contributed by atoms with Crippen LogP contribution in [0.1, 0.15) is 32.4 Å². The zero-order valence-corrected chi connectivity index (χ0v) is 11.5. The maximum absolute atomic E-state index is 9.52. The van der Waals surface area contributed by atoms with Gasteiger partial charge < -0.3 is 10.0 Å². The Hall–Kier alpha value is -0.990. The number of anilines is 1. The van der Waals surface area contributed by atoms with E-state index in [0.717, 1.165) is 29.9 Å². The Bertz CT molecular complexity index is 401. The second kappa shape index (κ2) is 6.08. The van der Waals surface area contributed by atoms with Crippen LogP contribution in [0.25, 0.3) is 0 Å². The van der Waals surface area contributed by atoms with Gasteiger partial charge in [0.2, 0.25) is 0 Å². The molecular weight excluding hydrogens is 234 g/mol. The Kier molecular flexibility index (Phi) is 5.03. The number of hydrogen-bond acceptors (Lipinski definition) is 2. The molecule has 0 saturated heterocycles. The van der Waals surface area contributed by atoms with E-state index in [0.29, 0.717) is 5.02 Å². The van der Waals surface area contributed by atoms with Crippen LogP contribution in [0.3, 0.4) is 0 Å². The molecule has 0 aliphatic rings. The topological polar surface area (TPSA) is 23.5 Å². The summed E-state index contributed by atoms with van der Waals surface area (Å²) in [6.45, 7) is 11.5. The van der Waals surface area contributed by atoms with Gasteiger partial charge in [-0.05, 0) is 38.5 Å². The number of nitrogens with zero attached hydrogens (tertiary/aromatic N) is 1. The van der Waals surface area contributed by atoms with Crippen molar-refractivity contribution in [1.29, 1.82) is 0 Å². The van der Waals surface area contributed by atoms with Crippen molar-refractivity contribution in [2.24, 2.45) is 0 Å². The molecule has 3 heteroatoms. The monoisotopic (exact) mass is 253 g/mol. The lowest BCUT2D eigenvalue weighted by molar-refractivity contribution is 0.199. The van der Waals surface area contributed by atoms with Gasteiger partial charge in [-0.15, -0.1) is 0 Å². The fraction of sp³-hybridized carbons (Fsp3) is 0.429. The minimum atomic E-state index is -0.534. The molecule has 0 aliphatic heterocycles. The molecule has 0 saturated carbocycles. The zero-order valence-electron chi connectivity index (χ0n) is 10.7. The first-order valence-corrected chi connectivity index (χ1v) is 6.20. The first-order valence-electron chi connectivity index (χ1n) is 5.82. The van der Waals surface area contributed by atoms with Crippen molar-refractivity contribution in [2.75, 3.05) is 18.0 Å². The third kappa shape index (κ3) is 3.76. The maximum Gasteiger partial charge on any atom is 0.0776 e. The SMILES string of the molecule is C=C(C)CN(CC)c1ccc(C(C)O)c(Cl)c1. The summed E-state index contributed by atoms with van der Waals surface area (Å²) < 4.78 is 0. The number of hydrogen-bond donors (Lipinski definition) is 1. The molecule has 0 aliphatic carbocycles. The van der Waals surface area contributed by atoms with E-state index in [1.807, 2.05) is 25.1 Å². The van der Waals surface area contributed by atoms with Crippen LogP contribution in [0.2, 0.25) is 5.02 Å². The molecule has 1 unspecified atom stereocenters. The van der Waals surface area contributed by atoms with Crippen molar-refractivity contribution in [3.63, 3.8) is 0 Å². The molecule has 1 atom stereocenters. The molecule has 0 aromatic heterocycles. The van der Waals surface area contributed by atoms with Crippen molar-refractivity contribution in [1.82, 2.24) is 0 Å². The summed E-state index contributed by atoms with van der Waals surface area (Å²) in [4.78, 5) is 2.19. The van der Waals surface area contributed by atoms with Gasteiger partial charge in [0.15, 0.2) is 0 Å². The summed E-state index contributed by atoms with van der Waals surface area (Å²) in [6, 6.07) is 5.76. The normalized spacial score (nSPS) is 12.3. The van der Waals surface area contributed by atoms with Crippen molar-refractivity contribution in [3.8, 4) is 0 Å². The Morgan fingerprint density at radius 2 is 2.18 bits per heavy atom. The number of aliphatic hydroxyl groups excluding tert-OH is 1. The largest absolute Gasteiger partial charge is 0.389 e. The lowest BCUT2D eigenvalue weighted by Gasteiger charge is -2.24. The lowest BCUT2D eigenvalue weighted by atomic mass is 10.1. The van der Waals surface area contributed by atoms with Gasteiger partial charge in [0, 0.05) is 23.8 Å². The molecule has 1 rings (SSSR count). The highest BCUT2D eigenvalue weighted by molar-refractivity contribution is 6.31. The fourth-order valence-corrected chi connectivity index (χ4v) is 2.10. The molecule has 0 amide bonds. The van der Waals surface area contributed by atoms with Gasteiger partial charge in [-0.2, -0.15) is 0 Å². The van der Waals surface area contributed by atoms with Gasteiger partial charge in [-0.3, -0.25) is 0 Å². The van der Waals surface area contributed by atoms with E-state index >= 15 is 0 Å². The highest BCUT2D eigenvalue weighted by Crippen LogP contribution is 2.28. The Labute approximate surface area is 109 Å². The standard InChI is InChI=1S/C14H20ClNO/c1-5-16(9-10(2)3)12-6-7-13(11(4)17)14(15)8-12/h6-8,11,17H,2,5,9H2,1,3-4H3. The summed E-state index contributed by atoms with van der Waals surface area (Å²) in [5.74, 6) is 0. The zero-order chi connectivity index (χ0) is 13.0. The second-order valence-electron chi connectivity index (χ2n) is 4.35. The van der Waals surface area contributed by atoms with Crippen LogP contribution in [-0.4, -0.2) is 18.2 Å². The van der Waals surface area contributed by atoms with Gasteiger partial charge in [0.1, 0.15) is 0 Å². The van der Waals surface area contributed by atoms with E-state index in [2.05, 4.69) is 18.4 Å². The van der Waals surface area contributed by atoms with Crippen LogP contribution in [0.5, 0.6) is 0 Å². The van der Waals surface area contributed by atoms with Crippen molar-refractivity contribution in [2.45, 2.75) is 26.9 Å². The Morgan fingerprint density at radius 3 is 2.59 bits per heavy atom. The molecule has 0 heterocycles. The smallest absolute Gasteiger partial charge is 0.0776 e. The summed E-state index contributed by atoms with van der Waals surface area (Å²) in [6.07, 6.45) is -0.534. The molecule has 94 valence electrons. The van der Waals surface area contributed by atoms with Gasteiger partial charge in [-0.1, -0.05) is 29.8 Å². The Morgan fingerprint density at radius 1 is 1.53 bits per heavy atom. The molecule has 0 fully saturated rings. The van der Waals surface area contributed by atoms with E-state index in [1.54, 1.807) is 6.92 Å². The third-order valence-corrected chi connectivity index (χ3v) is 2.97. The van der Waals surface area contributed by atoms with Gasteiger partial charge in [-0.25, -0.2) is 0 Å². The van der Waals surface area contributed by atoms with Crippen LogP contribution in [0.4, 0.5) is 5.69 Å². The van der Waals surface area contributed by atoms with E-state index in [9.17, 15) is 5.11 Å². The number of rotatable bonds is 5. The predicted octanol–water partition coefficient (Wildman–Crippen LogP) is 3.80. The molecule has 1 aromatic carbocycles. The van der Waals surface area contributed by atoms with Crippen LogP contribution in [0, 0.1) is 0 Å². The average molecular weight is 254 g/mol. The lowest BCUT2D eigenvalue weighted by Crippen LogP contribution is -2.24. The minimum absolute atomic E-state index is 0.534. The minimum Gasteiger partial charge on any atom is -0.389 e. The predicted molar refractivity (Wildman–Crippen MR) is 74.8 cm³/mol. The Balaban J connectivity index is 2.98. The molecule has 17 heavy (non-hydrogen) atoms. The van der Waals surface area contributed by atoms with Crippen LogP contribution in [0.15, 0.2) is 30.4 Å². The number of likely N-dealkylation sites (N-methyl/N-ethyl adjacent to an activating group) is 1. The van der Waals surface area contributed by atoms with Crippen molar-refractivity contribution in [3.05, 3.63) is 40.9 Å². The third-order valence-electron chi connectivity index (χ3n) is 2.64. The summed E-state index contributed by atoms with van der Waals surface area (Å²) in [5, 5.41) is 10.1. The number of benzene rings is 1. The van der Waals surface area contributed by atoms with E-state index in [4.69, 9.17) is 11.6 Å². The average Bonchev–Trinajstić information content (AvgIpc) is 2.24. The molecule has 1 N–H and O–H groups in total. The highest BCUT2D eigenvalue weighted by atomic mass is 35.5. The first-order chi connectivity index (χ1) is 7.95. The molecule has 0 spiro atoms. The summed E-state index contributed by atoms with van der Waals surface area (Å²) in [7, 11) is 0. The van der Waals surface area contributed by atoms with Crippen molar-refractivity contribution >= 4 is 17.3 Å². The van der Waals surface area contributed by atoms with Crippen molar-refractivity contribution < 1.29 is 5.11 Å². The second-order valence-corrected chi connectivity index (χ2v) is 4.76. The molecule has 0 radical (unpaired) electrons. The molecule has 2 nitrogen and oxygen atoms in total. The molecular formula is C14H20ClNO. The first kappa shape index (κ1) is 14.1. The number of aliphatic hydroxyl groups is 1. The van der Waals surface area contributed by atoms with Gasteiger partial charge in [0.05, 0.1) is 6.10 Å². The molecule has 0 bridgehead atoms. The summed E-state index contributed by atoms with van der Waals surface area (Å²) >= 11 is 6.15. The van der Waals surface area contributed by atoms with E-state index < -0.39 is 6.10 Å². The molecule has 1 aromatic rings. The van der Waals surface area contributed by atoms with Crippen LogP contribution >= 0.6 is 11.6 Å². The van der Waals surface area contributed by atoms with Crippen LogP contribution < -0.4 is 4.90 Å². The van der Waals surface area contributed by atoms with Crippen LogP contribution in [-0.2, 0) is 0 Å². The van der Waals surface area contributed by atoms with E-state index in [-0.39, 0.29) is 0 Å². The summed E-state index contributed by atoms with van der Waals surface area (Å²) in [5.41, 5.74) is 2.94. The van der Waals surface area contributed by atoms with E-state index in [1.165, 1.54) is 0 Å².